The zero-order valence-electron chi connectivity index (χ0n) is 6.82. The van der Waals surface area contributed by atoms with Crippen molar-refractivity contribution in [3.8, 4) is 5.06 Å². The van der Waals surface area contributed by atoms with Gasteiger partial charge in [0, 0.05) is 10.1 Å². The number of carboxylic acids is 1. The molecule has 0 saturated carbocycles. The van der Waals surface area contributed by atoms with Gasteiger partial charge in [0.05, 0.1) is 0 Å². The largest absolute Gasteiger partial charge is 0.499 e. The number of aromatic hydroxyl groups is 1. The Morgan fingerprint density at radius 1 is 1.43 bits per heavy atom. The molecule has 14 heavy (non-hydrogen) atoms. The summed E-state index contributed by atoms with van der Waals surface area (Å²) in [5.74, 6) is -1.95. The number of carboxylic acid groups (broad SMARTS) is 1. The van der Waals surface area contributed by atoms with Crippen LogP contribution in [0.3, 0.4) is 0 Å². The fourth-order valence-corrected chi connectivity index (χ4v) is 2.24. The number of rotatable bonds is 1. The number of benzene rings is 1. The van der Waals surface area contributed by atoms with E-state index in [9.17, 15) is 14.3 Å². The minimum absolute atomic E-state index is 0.0255. The van der Waals surface area contributed by atoms with Crippen LogP contribution in [0, 0.1) is 5.82 Å². The van der Waals surface area contributed by atoms with Gasteiger partial charge in [-0.15, -0.1) is 0 Å². The van der Waals surface area contributed by atoms with Crippen molar-refractivity contribution in [3.05, 3.63) is 29.6 Å². The zero-order chi connectivity index (χ0) is 10.3. The number of halogens is 1. The highest BCUT2D eigenvalue weighted by Crippen LogP contribution is 2.37. The van der Waals surface area contributed by atoms with Crippen LogP contribution in [-0.4, -0.2) is 16.2 Å². The van der Waals surface area contributed by atoms with E-state index >= 15 is 0 Å². The Hall–Kier alpha value is -1.62. The molecule has 0 bridgehead atoms. The number of thiophene rings is 1. The molecule has 0 atom stereocenters. The molecule has 2 aromatic rings. The predicted molar refractivity (Wildman–Crippen MR) is 50.4 cm³/mol. The lowest BCUT2D eigenvalue weighted by molar-refractivity contribution is 0.0696. The SMILES string of the molecule is O=C(O)c1c(O)sc2cccc(F)c12. The Kier molecular flexibility index (Phi) is 1.89. The first-order valence-electron chi connectivity index (χ1n) is 3.74. The van der Waals surface area contributed by atoms with Gasteiger partial charge in [-0.3, -0.25) is 0 Å². The summed E-state index contributed by atoms with van der Waals surface area (Å²) in [7, 11) is 0. The molecule has 0 aliphatic heterocycles. The molecule has 1 heterocycles. The van der Waals surface area contributed by atoms with Crippen molar-refractivity contribution in [2.45, 2.75) is 0 Å². The van der Waals surface area contributed by atoms with Crippen molar-refractivity contribution in [2.75, 3.05) is 0 Å². The third-order valence-electron chi connectivity index (χ3n) is 1.86. The first kappa shape index (κ1) is 8.96. The van der Waals surface area contributed by atoms with Gasteiger partial charge in [-0.05, 0) is 12.1 Å². The van der Waals surface area contributed by atoms with Crippen LogP contribution in [0.2, 0.25) is 0 Å². The van der Waals surface area contributed by atoms with E-state index in [0.717, 1.165) is 11.3 Å². The van der Waals surface area contributed by atoms with Crippen molar-refractivity contribution in [1.82, 2.24) is 0 Å². The maximum Gasteiger partial charge on any atom is 0.341 e. The summed E-state index contributed by atoms with van der Waals surface area (Å²) in [6, 6.07) is 4.20. The molecule has 1 aromatic heterocycles. The molecule has 0 fully saturated rings. The first-order chi connectivity index (χ1) is 6.61. The third kappa shape index (κ3) is 1.13. The molecule has 0 aliphatic carbocycles. The molecule has 0 radical (unpaired) electrons. The van der Waals surface area contributed by atoms with Gasteiger partial charge in [0.1, 0.15) is 11.4 Å². The van der Waals surface area contributed by atoms with Gasteiger partial charge in [-0.25, -0.2) is 9.18 Å². The summed E-state index contributed by atoms with van der Waals surface area (Å²) in [5.41, 5.74) is -0.358. The topological polar surface area (TPSA) is 57.5 Å². The fraction of sp³-hybridized carbons (Fsp3) is 0. The van der Waals surface area contributed by atoms with E-state index in [4.69, 9.17) is 5.11 Å². The fourth-order valence-electron chi connectivity index (χ4n) is 1.29. The normalized spacial score (nSPS) is 10.6. The van der Waals surface area contributed by atoms with Gasteiger partial charge in [-0.1, -0.05) is 17.4 Å². The van der Waals surface area contributed by atoms with Crippen molar-refractivity contribution >= 4 is 27.4 Å². The number of fused-ring (bicyclic) bond motifs is 1. The van der Waals surface area contributed by atoms with Crippen molar-refractivity contribution in [1.29, 1.82) is 0 Å². The molecule has 0 unspecified atom stereocenters. The quantitative estimate of drug-likeness (QED) is 0.763. The van der Waals surface area contributed by atoms with Crippen LogP contribution in [0.15, 0.2) is 18.2 Å². The minimum Gasteiger partial charge on any atom is -0.499 e. The minimum atomic E-state index is -1.32. The summed E-state index contributed by atoms with van der Waals surface area (Å²) >= 11 is 0.856. The van der Waals surface area contributed by atoms with E-state index in [1.807, 2.05) is 0 Å². The highest BCUT2D eigenvalue weighted by molar-refractivity contribution is 7.21. The van der Waals surface area contributed by atoms with Crippen LogP contribution in [0.5, 0.6) is 5.06 Å². The molecule has 0 aliphatic rings. The Labute approximate surface area is 82.0 Å². The van der Waals surface area contributed by atoms with Gasteiger partial charge in [-0.2, -0.15) is 0 Å². The highest BCUT2D eigenvalue weighted by Gasteiger charge is 2.20. The molecule has 5 heteroatoms. The van der Waals surface area contributed by atoms with Crippen LogP contribution < -0.4 is 0 Å². The van der Waals surface area contributed by atoms with Crippen LogP contribution >= 0.6 is 11.3 Å². The second kappa shape index (κ2) is 2.95. The van der Waals surface area contributed by atoms with Crippen LogP contribution in [-0.2, 0) is 0 Å². The zero-order valence-corrected chi connectivity index (χ0v) is 7.64. The summed E-state index contributed by atoms with van der Waals surface area (Å²) in [6.07, 6.45) is 0. The van der Waals surface area contributed by atoms with Crippen molar-refractivity contribution in [3.63, 3.8) is 0 Å². The maximum atomic E-state index is 13.3. The van der Waals surface area contributed by atoms with E-state index in [-0.39, 0.29) is 16.0 Å². The highest BCUT2D eigenvalue weighted by atomic mass is 32.1. The van der Waals surface area contributed by atoms with E-state index < -0.39 is 11.8 Å². The molecule has 0 saturated heterocycles. The average Bonchev–Trinajstić information content (AvgIpc) is 2.42. The van der Waals surface area contributed by atoms with E-state index in [1.54, 1.807) is 6.07 Å². The summed E-state index contributed by atoms with van der Waals surface area (Å²) in [6.45, 7) is 0. The van der Waals surface area contributed by atoms with Crippen LogP contribution in [0.25, 0.3) is 10.1 Å². The molecule has 0 spiro atoms. The second-order valence-electron chi connectivity index (χ2n) is 2.70. The van der Waals surface area contributed by atoms with Gasteiger partial charge in [0.15, 0.2) is 5.06 Å². The average molecular weight is 212 g/mol. The lowest BCUT2D eigenvalue weighted by Crippen LogP contribution is -1.95. The number of carbonyl (C=O) groups is 1. The van der Waals surface area contributed by atoms with Gasteiger partial charge in [0.25, 0.3) is 0 Å². The summed E-state index contributed by atoms with van der Waals surface area (Å²) in [4.78, 5) is 10.7. The number of hydrogen-bond acceptors (Lipinski definition) is 3. The van der Waals surface area contributed by atoms with Crippen molar-refractivity contribution < 1.29 is 19.4 Å². The predicted octanol–water partition coefficient (Wildman–Crippen LogP) is 2.44. The Morgan fingerprint density at radius 3 is 2.79 bits per heavy atom. The Bertz CT molecular complexity index is 518. The standard InChI is InChI=1S/C9H5FO3S/c10-4-2-1-3-5-6(4)7(8(11)12)9(13)14-5/h1-3,13H,(H,11,12). The third-order valence-corrected chi connectivity index (χ3v) is 2.82. The number of aromatic carboxylic acids is 1. The van der Waals surface area contributed by atoms with Crippen LogP contribution in [0.4, 0.5) is 4.39 Å². The monoisotopic (exact) mass is 212 g/mol. The van der Waals surface area contributed by atoms with Crippen molar-refractivity contribution in [2.24, 2.45) is 0 Å². The molecular formula is C9H5FO3S. The molecule has 3 nitrogen and oxygen atoms in total. The Morgan fingerprint density at radius 2 is 2.14 bits per heavy atom. The molecule has 72 valence electrons. The molecule has 0 amide bonds. The maximum absolute atomic E-state index is 13.3. The van der Waals surface area contributed by atoms with Crippen LogP contribution in [0.1, 0.15) is 10.4 Å². The molecular weight excluding hydrogens is 207 g/mol. The second-order valence-corrected chi connectivity index (χ2v) is 3.73. The van der Waals surface area contributed by atoms with E-state index in [1.165, 1.54) is 12.1 Å². The summed E-state index contributed by atoms with van der Waals surface area (Å²) < 4.78 is 13.7. The van der Waals surface area contributed by atoms with E-state index in [2.05, 4.69) is 0 Å². The van der Waals surface area contributed by atoms with Gasteiger partial charge in [0.2, 0.25) is 0 Å². The lowest BCUT2D eigenvalue weighted by Gasteiger charge is -1.94. The Balaban J connectivity index is 2.93. The summed E-state index contributed by atoms with van der Waals surface area (Å²) in [5, 5.41) is 17.7. The molecule has 1 aromatic carbocycles. The van der Waals surface area contributed by atoms with Gasteiger partial charge >= 0.3 is 5.97 Å². The molecule has 2 N–H and O–H groups in total. The lowest BCUT2D eigenvalue weighted by atomic mass is 10.1. The van der Waals surface area contributed by atoms with E-state index in [0.29, 0.717) is 4.70 Å². The molecule has 2 rings (SSSR count). The number of hydrogen-bond donors (Lipinski definition) is 2. The first-order valence-corrected chi connectivity index (χ1v) is 4.56. The smallest absolute Gasteiger partial charge is 0.341 e. The van der Waals surface area contributed by atoms with Gasteiger partial charge < -0.3 is 10.2 Å².